The molecule has 0 unspecified atom stereocenters. The quantitative estimate of drug-likeness (QED) is 0.510. The molecule has 1 nitrogen and oxygen atoms in total. The first-order chi connectivity index (χ1) is 4.18. The second kappa shape index (κ2) is 4.19. The van der Waals surface area contributed by atoms with Crippen LogP contribution in [0.25, 0.3) is 0 Å². The molecule has 0 saturated carbocycles. The summed E-state index contributed by atoms with van der Waals surface area (Å²) >= 11 is 0. The SMILES string of the molecule is C/C=C/C=C(/C)N(C)C. The third-order valence-electron chi connectivity index (χ3n) is 1.24. The lowest BCUT2D eigenvalue weighted by Crippen LogP contribution is -2.07. The van der Waals surface area contributed by atoms with Crippen LogP contribution in [0.2, 0.25) is 0 Å². The maximum atomic E-state index is 2.08. The summed E-state index contributed by atoms with van der Waals surface area (Å²) < 4.78 is 0. The zero-order chi connectivity index (χ0) is 7.28. The van der Waals surface area contributed by atoms with Gasteiger partial charge in [-0.05, 0) is 19.9 Å². The molecule has 52 valence electrons. The number of hydrogen-bond acceptors (Lipinski definition) is 1. The summed E-state index contributed by atoms with van der Waals surface area (Å²) in [6, 6.07) is 0. The van der Waals surface area contributed by atoms with Crippen molar-refractivity contribution in [2.75, 3.05) is 14.1 Å². The molecule has 0 atom stereocenters. The van der Waals surface area contributed by atoms with Crippen LogP contribution in [-0.2, 0) is 0 Å². The van der Waals surface area contributed by atoms with Gasteiger partial charge in [-0.1, -0.05) is 12.2 Å². The molecular weight excluding hydrogens is 110 g/mol. The zero-order valence-corrected chi connectivity index (χ0v) is 6.68. The lowest BCUT2D eigenvalue weighted by atomic mass is 10.4. The monoisotopic (exact) mass is 125 g/mol. The van der Waals surface area contributed by atoms with Gasteiger partial charge in [0.2, 0.25) is 0 Å². The van der Waals surface area contributed by atoms with E-state index in [-0.39, 0.29) is 0 Å². The van der Waals surface area contributed by atoms with Crippen molar-refractivity contribution >= 4 is 0 Å². The summed E-state index contributed by atoms with van der Waals surface area (Å²) in [4.78, 5) is 2.08. The highest BCUT2D eigenvalue weighted by Crippen LogP contribution is 1.94. The van der Waals surface area contributed by atoms with E-state index in [0.717, 1.165) is 0 Å². The average Bonchev–Trinajstić information content (AvgIpc) is 1.82. The summed E-state index contributed by atoms with van der Waals surface area (Å²) in [5, 5.41) is 0. The molecule has 0 aromatic heterocycles. The maximum absolute atomic E-state index is 2.08. The molecule has 0 aliphatic heterocycles. The van der Waals surface area contributed by atoms with Gasteiger partial charge in [-0.2, -0.15) is 0 Å². The minimum atomic E-state index is 1.27. The van der Waals surface area contributed by atoms with Crippen LogP contribution in [0.15, 0.2) is 23.9 Å². The number of nitrogens with zero attached hydrogens (tertiary/aromatic N) is 1. The van der Waals surface area contributed by atoms with Gasteiger partial charge >= 0.3 is 0 Å². The second-order valence-corrected chi connectivity index (χ2v) is 2.23. The Bertz CT molecular complexity index is 121. The van der Waals surface area contributed by atoms with Gasteiger partial charge in [0.15, 0.2) is 0 Å². The zero-order valence-electron chi connectivity index (χ0n) is 6.68. The van der Waals surface area contributed by atoms with E-state index in [1.165, 1.54) is 5.70 Å². The van der Waals surface area contributed by atoms with Crippen molar-refractivity contribution in [3.8, 4) is 0 Å². The molecule has 0 spiro atoms. The van der Waals surface area contributed by atoms with Crippen molar-refractivity contribution in [1.82, 2.24) is 4.90 Å². The van der Waals surface area contributed by atoms with E-state index in [0.29, 0.717) is 0 Å². The van der Waals surface area contributed by atoms with Crippen LogP contribution in [0, 0.1) is 0 Å². The van der Waals surface area contributed by atoms with Crippen molar-refractivity contribution in [3.63, 3.8) is 0 Å². The molecule has 0 radical (unpaired) electrons. The van der Waals surface area contributed by atoms with E-state index in [4.69, 9.17) is 0 Å². The molecule has 0 aromatic rings. The van der Waals surface area contributed by atoms with Gasteiger partial charge < -0.3 is 4.90 Å². The molecule has 0 rings (SSSR count). The number of allylic oxidation sites excluding steroid dienone is 4. The highest BCUT2D eigenvalue weighted by molar-refractivity contribution is 5.07. The Morgan fingerprint density at radius 3 is 2.22 bits per heavy atom. The summed E-state index contributed by atoms with van der Waals surface area (Å²) in [6.07, 6.45) is 6.14. The van der Waals surface area contributed by atoms with Crippen molar-refractivity contribution in [2.45, 2.75) is 13.8 Å². The summed E-state index contributed by atoms with van der Waals surface area (Å²) in [6.45, 7) is 4.10. The Morgan fingerprint density at radius 2 is 1.89 bits per heavy atom. The number of hydrogen-bond donors (Lipinski definition) is 0. The molecule has 9 heavy (non-hydrogen) atoms. The van der Waals surface area contributed by atoms with Gasteiger partial charge in [0.1, 0.15) is 0 Å². The topological polar surface area (TPSA) is 3.24 Å². The van der Waals surface area contributed by atoms with Crippen molar-refractivity contribution in [3.05, 3.63) is 23.9 Å². The van der Waals surface area contributed by atoms with E-state index >= 15 is 0 Å². The van der Waals surface area contributed by atoms with Gasteiger partial charge in [0.25, 0.3) is 0 Å². The first-order valence-electron chi connectivity index (χ1n) is 3.15. The van der Waals surface area contributed by atoms with Gasteiger partial charge in [-0.15, -0.1) is 0 Å². The Balaban J connectivity index is 3.84. The Morgan fingerprint density at radius 1 is 1.33 bits per heavy atom. The third-order valence-corrected chi connectivity index (χ3v) is 1.24. The fraction of sp³-hybridized carbons (Fsp3) is 0.500. The molecule has 0 bridgehead atoms. The van der Waals surface area contributed by atoms with Crippen LogP contribution in [0.4, 0.5) is 0 Å². The average molecular weight is 125 g/mol. The first-order valence-corrected chi connectivity index (χ1v) is 3.15. The third kappa shape index (κ3) is 3.83. The summed E-state index contributed by atoms with van der Waals surface area (Å²) in [5.41, 5.74) is 1.27. The normalized spacial score (nSPS) is 12.7. The standard InChI is InChI=1S/C8H15N/c1-5-6-7-8(2)9(3)4/h5-7H,1-4H3/b6-5+,8-7-. The lowest BCUT2D eigenvalue weighted by Gasteiger charge is -2.10. The molecular formula is C8H15N. The van der Waals surface area contributed by atoms with Crippen LogP contribution in [-0.4, -0.2) is 19.0 Å². The molecule has 0 aromatic carbocycles. The van der Waals surface area contributed by atoms with Gasteiger partial charge in [0.05, 0.1) is 0 Å². The van der Waals surface area contributed by atoms with Crippen LogP contribution in [0.3, 0.4) is 0 Å². The minimum Gasteiger partial charge on any atom is -0.381 e. The van der Waals surface area contributed by atoms with Gasteiger partial charge in [-0.3, -0.25) is 0 Å². The summed E-state index contributed by atoms with van der Waals surface area (Å²) in [5.74, 6) is 0. The van der Waals surface area contributed by atoms with E-state index in [9.17, 15) is 0 Å². The molecule has 0 N–H and O–H groups in total. The first kappa shape index (κ1) is 8.28. The molecule has 0 saturated heterocycles. The van der Waals surface area contributed by atoms with Crippen LogP contribution in [0.5, 0.6) is 0 Å². The fourth-order valence-corrected chi connectivity index (χ4v) is 0.385. The lowest BCUT2D eigenvalue weighted by molar-refractivity contribution is 0.514. The Hall–Kier alpha value is -0.720. The van der Waals surface area contributed by atoms with Crippen LogP contribution >= 0.6 is 0 Å². The van der Waals surface area contributed by atoms with Crippen LogP contribution in [0.1, 0.15) is 13.8 Å². The molecule has 0 fully saturated rings. The highest BCUT2D eigenvalue weighted by Gasteiger charge is 1.84. The largest absolute Gasteiger partial charge is 0.381 e. The molecule has 0 aliphatic rings. The van der Waals surface area contributed by atoms with Crippen LogP contribution < -0.4 is 0 Å². The Kier molecular flexibility index (Phi) is 3.85. The number of rotatable bonds is 2. The van der Waals surface area contributed by atoms with Crippen molar-refractivity contribution in [1.29, 1.82) is 0 Å². The van der Waals surface area contributed by atoms with Gasteiger partial charge in [-0.25, -0.2) is 0 Å². The predicted octanol–water partition coefficient (Wildman–Crippen LogP) is 2.03. The van der Waals surface area contributed by atoms with Gasteiger partial charge in [0, 0.05) is 19.8 Å². The molecule has 0 amide bonds. The molecule has 0 heterocycles. The predicted molar refractivity (Wildman–Crippen MR) is 42.3 cm³/mol. The molecule has 0 aliphatic carbocycles. The Labute approximate surface area is 57.7 Å². The second-order valence-electron chi connectivity index (χ2n) is 2.23. The van der Waals surface area contributed by atoms with E-state index in [1.54, 1.807) is 0 Å². The minimum absolute atomic E-state index is 1.27. The molecule has 1 heteroatoms. The fourth-order valence-electron chi connectivity index (χ4n) is 0.385. The van der Waals surface area contributed by atoms with Crippen molar-refractivity contribution in [2.24, 2.45) is 0 Å². The van der Waals surface area contributed by atoms with E-state index < -0.39 is 0 Å². The van der Waals surface area contributed by atoms with E-state index in [2.05, 4.69) is 17.9 Å². The van der Waals surface area contributed by atoms with Crippen molar-refractivity contribution < 1.29 is 0 Å². The smallest absolute Gasteiger partial charge is 0.00957 e. The maximum Gasteiger partial charge on any atom is 0.00957 e. The highest BCUT2D eigenvalue weighted by atomic mass is 15.1. The van der Waals surface area contributed by atoms with E-state index in [1.807, 2.05) is 33.2 Å². The summed E-state index contributed by atoms with van der Waals surface area (Å²) in [7, 11) is 4.07.